The van der Waals surface area contributed by atoms with Gasteiger partial charge in [-0.2, -0.15) is 0 Å². The van der Waals surface area contributed by atoms with Crippen molar-refractivity contribution in [2.24, 2.45) is 4.99 Å². The predicted octanol–water partition coefficient (Wildman–Crippen LogP) is 3.96. The lowest BCUT2D eigenvalue weighted by Gasteiger charge is -2.04. The third-order valence-corrected chi connectivity index (χ3v) is 3.38. The van der Waals surface area contributed by atoms with E-state index in [9.17, 15) is 9.18 Å². The fourth-order valence-corrected chi connectivity index (χ4v) is 2.20. The van der Waals surface area contributed by atoms with Crippen LogP contribution in [0.3, 0.4) is 0 Å². The summed E-state index contributed by atoms with van der Waals surface area (Å²) < 4.78 is 24.3. The highest BCUT2D eigenvalue weighted by Crippen LogP contribution is 2.21. The van der Waals surface area contributed by atoms with Gasteiger partial charge in [-0.3, -0.25) is 0 Å². The van der Waals surface area contributed by atoms with Crippen molar-refractivity contribution in [3.05, 3.63) is 71.2 Å². The van der Waals surface area contributed by atoms with Crippen LogP contribution in [0.4, 0.5) is 4.39 Å². The van der Waals surface area contributed by atoms with Crippen LogP contribution in [0.25, 0.3) is 6.08 Å². The van der Waals surface area contributed by atoms with Gasteiger partial charge in [0.1, 0.15) is 11.6 Å². The van der Waals surface area contributed by atoms with Gasteiger partial charge in [0, 0.05) is 0 Å². The SMILES string of the molecule is CCCOc1ccc(/C=C2\N=C(c3ccccc3F)OC2=O)cc1. The number of hydrogen-bond donors (Lipinski definition) is 0. The Labute approximate surface area is 139 Å². The first-order valence-corrected chi connectivity index (χ1v) is 7.67. The number of hydrogen-bond acceptors (Lipinski definition) is 4. The van der Waals surface area contributed by atoms with Gasteiger partial charge < -0.3 is 9.47 Å². The lowest BCUT2D eigenvalue weighted by molar-refractivity contribution is -0.129. The van der Waals surface area contributed by atoms with Crippen LogP contribution in [-0.4, -0.2) is 18.5 Å². The van der Waals surface area contributed by atoms with Gasteiger partial charge in [0.15, 0.2) is 5.70 Å². The summed E-state index contributed by atoms with van der Waals surface area (Å²) in [6.07, 6.45) is 2.53. The molecule has 3 rings (SSSR count). The molecule has 0 fully saturated rings. The van der Waals surface area contributed by atoms with E-state index in [4.69, 9.17) is 9.47 Å². The van der Waals surface area contributed by atoms with Crippen LogP contribution in [0.5, 0.6) is 5.75 Å². The maximum absolute atomic E-state index is 13.8. The molecule has 24 heavy (non-hydrogen) atoms. The molecule has 122 valence electrons. The zero-order valence-corrected chi connectivity index (χ0v) is 13.2. The van der Waals surface area contributed by atoms with E-state index < -0.39 is 11.8 Å². The normalized spacial score (nSPS) is 15.3. The van der Waals surface area contributed by atoms with Crippen LogP contribution in [0.1, 0.15) is 24.5 Å². The summed E-state index contributed by atoms with van der Waals surface area (Å²) >= 11 is 0. The number of carbonyl (C=O) groups excluding carboxylic acids is 1. The van der Waals surface area contributed by atoms with Crippen molar-refractivity contribution in [2.45, 2.75) is 13.3 Å². The van der Waals surface area contributed by atoms with Crippen LogP contribution in [0, 0.1) is 5.82 Å². The van der Waals surface area contributed by atoms with Gasteiger partial charge in [-0.15, -0.1) is 0 Å². The summed E-state index contributed by atoms with van der Waals surface area (Å²) in [7, 11) is 0. The molecule has 0 bridgehead atoms. The van der Waals surface area contributed by atoms with E-state index in [0.717, 1.165) is 17.7 Å². The average Bonchev–Trinajstić information content (AvgIpc) is 2.95. The third-order valence-electron chi connectivity index (χ3n) is 3.38. The number of cyclic esters (lactones) is 1. The fraction of sp³-hybridized carbons (Fsp3) is 0.158. The molecule has 0 N–H and O–H groups in total. The molecule has 5 heteroatoms. The summed E-state index contributed by atoms with van der Waals surface area (Å²) in [6, 6.07) is 13.3. The first-order valence-electron chi connectivity index (χ1n) is 7.67. The smallest absolute Gasteiger partial charge is 0.363 e. The summed E-state index contributed by atoms with van der Waals surface area (Å²) in [5.41, 5.74) is 1.08. The standard InChI is InChI=1S/C19H16FNO3/c1-2-11-23-14-9-7-13(8-10-14)12-17-19(22)24-18(21-17)15-5-3-4-6-16(15)20/h3-10,12H,2,11H2,1H3/b17-12-. The van der Waals surface area contributed by atoms with Crippen molar-refractivity contribution >= 4 is 17.9 Å². The molecule has 0 unspecified atom stereocenters. The fourth-order valence-electron chi connectivity index (χ4n) is 2.20. The molecule has 1 aliphatic heterocycles. The lowest BCUT2D eigenvalue weighted by atomic mass is 10.2. The van der Waals surface area contributed by atoms with E-state index in [1.165, 1.54) is 12.1 Å². The van der Waals surface area contributed by atoms with Gasteiger partial charge in [-0.25, -0.2) is 14.2 Å². The molecular formula is C19H16FNO3. The first-order chi connectivity index (χ1) is 11.7. The molecule has 0 aromatic heterocycles. The van der Waals surface area contributed by atoms with Crippen molar-refractivity contribution < 1.29 is 18.7 Å². The number of benzene rings is 2. The molecule has 2 aromatic carbocycles. The Bertz CT molecular complexity index is 810. The number of aliphatic imine (C=N–C) groups is 1. The van der Waals surface area contributed by atoms with Crippen molar-refractivity contribution in [1.29, 1.82) is 0 Å². The lowest BCUT2D eigenvalue weighted by Crippen LogP contribution is -2.07. The number of ether oxygens (including phenoxy) is 2. The average molecular weight is 325 g/mol. The maximum Gasteiger partial charge on any atom is 0.363 e. The molecule has 0 saturated carbocycles. The van der Waals surface area contributed by atoms with Crippen LogP contribution < -0.4 is 4.74 Å². The second-order valence-electron chi connectivity index (χ2n) is 5.23. The highest BCUT2D eigenvalue weighted by Gasteiger charge is 2.25. The molecule has 0 radical (unpaired) electrons. The van der Waals surface area contributed by atoms with Gasteiger partial charge >= 0.3 is 5.97 Å². The molecule has 2 aromatic rings. The maximum atomic E-state index is 13.8. The molecule has 0 saturated heterocycles. The van der Waals surface area contributed by atoms with Gasteiger partial charge in [0.2, 0.25) is 5.90 Å². The number of halogens is 1. The Balaban J connectivity index is 1.82. The second-order valence-corrected chi connectivity index (χ2v) is 5.23. The van der Waals surface area contributed by atoms with Gasteiger partial charge in [0.05, 0.1) is 12.2 Å². The van der Waals surface area contributed by atoms with Crippen LogP contribution >= 0.6 is 0 Å². The summed E-state index contributed by atoms with van der Waals surface area (Å²) in [6.45, 7) is 2.69. The van der Waals surface area contributed by atoms with E-state index in [2.05, 4.69) is 4.99 Å². The molecule has 0 aliphatic carbocycles. The van der Waals surface area contributed by atoms with E-state index in [-0.39, 0.29) is 17.2 Å². The Morgan fingerprint density at radius 2 is 1.92 bits per heavy atom. The van der Waals surface area contributed by atoms with E-state index in [1.54, 1.807) is 18.2 Å². The summed E-state index contributed by atoms with van der Waals surface area (Å²) in [4.78, 5) is 16.0. The van der Waals surface area contributed by atoms with Crippen LogP contribution in [-0.2, 0) is 9.53 Å². The molecule has 0 atom stereocenters. The number of rotatable bonds is 5. The molecule has 0 amide bonds. The summed E-state index contributed by atoms with van der Waals surface area (Å²) in [5.74, 6) is -0.335. The zero-order chi connectivity index (χ0) is 16.9. The minimum Gasteiger partial charge on any atom is -0.494 e. The highest BCUT2D eigenvalue weighted by molar-refractivity contribution is 6.12. The first kappa shape index (κ1) is 15.9. The topological polar surface area (TPSA) is 47.9 Å². The second kappa shape index (κ2) is 7.08. The predicted molar refractivity (Wildman–Crippen MR) is 89.2 cm³/mol. The molecule has 1 aliphatic rings. The molecule has 4 nitrogen and oxygen atoms in total. The quantitative estimate of drug-likeness (QED) is 0.617. The van der Waals surface area contributed by atoms with Crippen LogP contribution in [0.2, 0.25) is 0 Å². The van der Waals surface area contributed by atoms with Gasteiger partial charge in [-0.05, 0) is 42.3 Å². The highest BCUT2D eigenvalue weighted by atomic mass is 19.1. The minimum atomic E-state index is -0.598. The number of esters is 1. The minimum absolute atomic E-state index is 0.0211. The molecule has 0 spiro atoms. The van der Waals surface area contributed by atoms with Crippen LogP contribution in [0.15, 0.2) is 59.2 Å². The van der Waals surface area contributed by atoms with E-state index in [1.807, 2.05) is 31.2 Å². The third kappa shape index (κ3) is 3.51. The Morgan fingerprint density at radius 1 is 1.17 bits per heavy atom. The Morgan fingerprint density at radius 3 is 2.62 bits per heavy atom. The zero-order valence-electron chi connectivity index (χ0n) is 13.2. The number of carbonyl (C=O) groups is 1. The Hall–Kier alpha value is -2.95. The van der Waals surface area contributed by atoms with Crippen molar-refractivity contribution in [3.8, 4) is 5.75 Å². The Kier molecular flexibility index (Phi) is 4.70. The van der Waals surface area contributed by atoms with Gasteiger partial charge in [0.25, 0.3) is 0 Å². The number of nitrogens with zero attached hydrogens (tertiary/aromatic N) is 1. The van der Waals surface area contributed by atoms with E-state index >= 15 is 0 Å². The molecule has 1 heterocycles. The van der Waals surface area contributed by atoms with E-state index in [0.29, 0.717) is 6.61 Å². The van der Waals surface area contributed by atoms with Gasteiger partial charge in [-0.1, -0.05) is 31.2 Å². The molecular weight excluding hydrogens is 309 g/mol. The summed E-state index contributed by atoms with van der Waals surface area (Å²) in [5, 5.41) is 0. The largest absolute Gasteiger partial charge is 0.494 e. The van der Waals surface area contributed by atoms with Crippen molar-refractivity contribution in [2.75, 3.05) is 6.61 Å². The van der Waals surface area contributed by atoms with Crippen molar-refractivity contribution in [1.82, 2.24) is 0 Å². The monoisotopic (exact) mass is 325 g/mol. The van der Waals surface area contributed by atoms with Crippen molar-refractivity contribution in [3.63, 3.8) is 0 Å².